The number of nitrogens with one attached hydrogen (secondary N) is 1. The average Bonchev–Trinajstić information content (AvgIpc) is 2.61. The van der Waals surface area contributed by atoms with Crippen LogP contribution in [-0.2, 0) is 16.0 Å². The highest BCUT2D eigenvalue weighted by Crippen LogP contribution is 2.21. The number of rotatable bonds is 7. The van der Waals surface area contributed by atoms with E-state index in [-0.39, 0.29) is 18.4 Å². The third kappa shape index (κ3) is 6.19. The number of benzene rings is 2. The molecule has 0 aliphatic rings. The topological polar surface area (TPSA) is 58.6 Å². The smallest absolute Gasteiger partial charge is 0.262 e. The van der Waals surface area contributed by atoms with Crippen molar-refractivity contribution in [3.8, 4) is 5.75 Å². The first-order valence-electron chi connectivity index (χ1n) is 8.33. The van der Waals surface area contributed by atoms with Crippen LogP contribution in [-0.4, -0.2) is 37.4 Å². The van der Waals surface area contributed by atoms with E-state index in [1.165, 1.54) is 0 Å². The van der Waals surface area contributed by atoms with Gasteiger partial charge in [0.2, 0.25) is 5.91 Å². The zero-order valence-electron chi connectivity index (χ0n) is 15.2. The highest BCUT2D eigenvalue weighted by Gasteiger charge is 2.07. The van der Waals surface area contributed by atoms with Gasteiger partial charge in [0, 0.05) is 30.7 Å². The van der Waals surface area contributed by atoms with Crippen LogP contribution in [0, 0.1) is 6.92 Å². The Hall–Kier alpha value is -2.34. The second kappa shape index (κ2) is 9.38. The van der Waals surface area contributed by atoms with Crippen molar-refractivity contribution in [3.63, 3.8) is 0 Å². The minimum atomic E-state index is -0.230. The van der Waals surface area contributed by atoms with Crippen molar-refractivity contribution in [1.82, 2.24) is 4.90 Å². The zero-order valence-corrected chi connectivity index (χ0v) is 16.8. The van der Waals surface area contributed by atoms with Gasteiger partial charge in [0.1, 0.15) is 5.75 Å². The van der Waals surface area contributed by atoms with Gasteiger partial charge in [-0.05, 0) is 54.8 Å². The Morgan fingerprint density at radius 1 is 1.15 bits per heavy atom. The zero-order chi connectivity index (χ0) is 19.1. The van der Waals surface area contributed by atoms with Crippen molar-refractivity contribution in [2.24, 2.45) is 0 Å². The Labute approximate surface area is 162 Å². The summed E-state index contributed by atoms with van der Waals surface area (Å²) in [5, 5.41) is 2.82. The summed E-state index contributed by atoms with van der Waals surface area (Å²) in [5.74, 6) is 0.501. The number of nitrogens with zero attached hydrogens (tertiary/aromatic N) is 1. The molecule has 0 spiro atoms. The SMILES string of the molecule is Cc1cc(OCC(=O)Nc2cccc(CCC(=O)N(C)C)c2)ccc1Br. The molecule has 0 bridgehead atoms. The van der Waals surface area contributed by atoms with Gasteiger partial charge in [-0.25, -0.2) is 0 Å². The van der Waals surface area contributed by atoms with Crippen molar-refractivity contribution in [1.29, 1.82) is 0 Å². The minimum Gasteiger partial charge on any atom is -0.484 e. The molecule has 0 unspecified atom stereocenters. The Kier molecular flexibility index (Phi) is 7.21. The Morgan fingerprint density at radius 2 is 1.92 bits per heavy atom. The molecule has 0 aliphatic carbocycles. The quantitative estimate of drug-likeness (QED) is 0.743. The molecule has 0 atom stereocenters. The molecule has 5 nitrogen and oxygen atoms in total. The molecule has 2 aromatic rings. The average molecular weight is 419 g/mol. The van der Waals surface area contributed by atoms with E-state index in [1.54, 1.807) is 19.0 Å². The maximum absolute atomic E-state index is 12.1. The number of ether oxygens (including phenoxy) is 1. The number of amides is 2. The fourth-order valence-electron chi connectivity index (χ4n) is 2.33. The van der Waals surface area contributed by atoms with Gasteiger partial charge < -0.3 is 15.0 Å². The van der Waals surface area contributed by atoms with Crippen LogP contribution in [0.4, 0.5) is 5.69 Å². The van der Waals surface area contributed by atoms with Gasteiger partial charge in [0.15, 0.2) is 6.61 Å². The van der Waals surface area contributed by atoms with Crippen LogP contribution in [0.25, 0.3) is 0 Å². The van der Waals surface area contributed by atoms with E-state index in [4.69, 9.17) is 4.74 Å². The predicted molar refractivity (Wildman–Crippen MR) is 106 cm³/mol. The Morgan fingerprint density at radius 3 is 2.62 bits per heavy atom. The van der Waals surface area contributed by atoms with Crippen molar-refractivity contribution >= 4 is 33.4 Å². The van der Waals surface area contributed by atoms with Crippen LogP contribution < -0.4 is 10.1 Å². The molecule has 2 rings (SSSR count). The lowest BCUT2D eigenvalue weighted by Crippen LogP contribution is -2.22. The van der Waals surface area contributed by atoms with Gasteiger partial charge in [-0.2, -0.15) is 0 Å². The predicted octanol–water partition coefficient (Wildman–Crippen LogP) is 3.80. The molecular formula is C20H23BrN2O3. The summed E-state index contributed by atoms with van der Waals surface area (Å²) in [5.41, 5.74) is 2.74. The van der Waals surface area contributed by atoms with Crippen molar-refractivity contribution in [2.45, 2.75) is 19.8 Å². The van der Waals surface area contributed by atoms with Gasteiger partial charge in [-0.1, -0.05) is 28.1 Å². The molecule has 0 radical (unpaired) electrons. The first-order valence-corrected chi connectivity index (χ1v) is 9.12. The van der Waals surface area contributed by atoms with Crippen molar-refractivity contribution in [3.05, 3.63) is 58.1 Å². The largest absolute Gasteiger partial charge is 0.484 e. The third-order valence-corrected chi connectivity index (χ3v) is 4.73. The summed E-state index contributed by atoms with van der Waals surface area (Å²) >= 11 is 3.43. The summed E-state index contributed by atoms with van der Waals surface area (Å²) in [6, 6.07) is 13.1. The number of hydrogen-bond donors (Lipinski definition) is 1. The fourth-order valence-corrected chi connectivity index (χ4v) is 2.58. The normalized spacial score (nSPS) is 10.3. The number of hydrogen-bond acceptors (Lipinski definition) is 3. The summed E-state index contributed by atoms with van der Waals surface area (Å²) < 4.78 is 6.53. The lowest BCUT2D eigenvalue weighted by molar-refractivity contribution is -0.128. The van der Waals surface area contributed by atoms with E-state index in [2.05, 4.69) is 21.2 Å². The molecule has 2 aromatic carbocycles. The van der Waals surface area contributed by atoms with Crippen LogP contribution in [0.3, 0.4) is 0 Å². The molecule has 0 heterocycles. The van der Waals surface area contributed by atoms with Gasteiger partial charge in [-0.3, -0.25) is 9.59 Å². The van der Waals surface area contributed by atoms with Crippen molar-refractivity contribution < 1.29 is 14.3 Å². The number of carbonyl (C=O) groups excluding carboxylic acids is 2. The molecule has 0 saturated heterocycles. The van der Waals surface area contributed by atoms with Gasteiger partial charge in [0.25, 0.3) is 5.91 Å². The van der Waals surface area contributed by atoms with E-state index in [1.807, 2.05) is 49.4 Å². The van der Waals surface area contributed by atoms with E-state index in [9.17, 15) is 9.59 Å². The molecule has 0 aliphatic heterocycles. The first kappa shape index (κ1) is 20.0. The lowest BCUT2D eigenvalue weighted by atomic mass is 10.1. The maximum Gasteiger partial charge on any atom is 0.262 e. The van der Waals surface area contributed by atoms with Gasteiger partial charge >= 0.3 is 0 Å². The third-order valence-electron chi connectivity index (χ3n) is 3.84. The Bertz CT molecular complexity index is 790. The van der Waals surface area contributed by atoms with Crippen molar-refractivity contribution in [2.75, 3.05) is 26.0 Å². The van der Waals surface area contributed by atoms with E-state index < -0.39 is 0 Å². The summed E-state index contributed by atoms with van der Waals surface area (Å²) in [6.07, 6.45) is 1.08. The van der Waals surface area contributed by atoms with Crippen LogP contribution in [0.15, 0.2) is 46.9 Å². The van der Waals surface area contributed by atoms with Crippen LogP contribution >= 0.6 is 15.9 Å². The number of anilines is 1. The lowest BCUT2D eigenvalue weighted by Gasteiger charge is -2.11. The second-order valence-corrected chi connectivity index (χ2v) is 7.09. The molecule has 138 valence electrons. The van der Waals surface area contributed by atoms with E-state index in [0.29, 0.717) is 24.3 Å². The maximum atomic E-state index is 12.1. The molecule has 0 aromatic heterocycles. The molecule has 6 heteroatoms. The molecule has 2 amide bonds. The fraction of sp³-hybridized carbons (Fsp3) is 0.300. The molecule has 26 heavy (non-hydrogen) atoms. The monoisotopic (exact) mass is 418 g/mol. The van der Waals surface area contributed by atoms with Gasteiger partial charge in [0.05, 0.1) is 0 Å². The number of halogens is 1. The van der Waals surface area contributed by atoms with E-state index in [0.717, 1.165) is 15.6 Å². The molecule has 0 fully saturated rings. The minimum absolute atomic E-state index is 0.0651. The highest BCUT2D eigenvalue weighted by molar-refractivity contribution is 9.10. The van der Waals surface area contributed by atoms with Crippen LogP contribution in [0.1, 0.15) is 17.5 Å². The summed E-state index contributed by atoms with van der Waals surface area (Å²) in [7, 11) is 3.48. The standard InChI is InChI=1S/C20H23BrN2O3/c1-14-11-17(8-9-18(14)21)26-13-19(24)22-16-6-4-5-15(12-16)7-10-20(25)23(2)3/h4-6,8-9,11-12H,7,10,13H2,1-3H3,(H,22,24). The number of aryl methyl sites for hydroxylation is 2. The molecular weight excluding hydrogens is 396 g/mol. The van der Waals surface area contributed by atoms with E-state index >= 15 is 0 Å². The molecule has 1 N–H and O–H groups in total. The molecule has 0 saturated carbocycles. The summed E-state index contributed by atoms with van der Waals surface area (Å²) in [4.78, 5) is 25.4. The Balaban J connectivity index is 1.87. The number of carbonyl (C=O) groups is 2. The highest BCUT2D eigenvalue weighted by atomic mass is 79.9. The second-order valence-electron chi connectivity index (χ2n) is 6.24. The summed E-state index contributed by atoms with van der Waals surface area (Å²) in [6.45, 7) is 1.90. The first-order chi connectivity index (χ1) is 12.3. The van der Waals surface area contributed by atoms with Gasteiger partial charge in [-0.15, -0.1) is 0 Å². The van der Waals surface area contributed by atoms with Crippen LogP contribution in [0.5, 0.6) is 5.75 Å². The van der Waals surface area contributed by atoms with Crippen LogP contribution in [0.2, 0.25) is 0 Å².